The van der Waals surface area contributed by atoms with Crippen LogP contribution in [0.15, 0.2) is 22.9 Å². The second-order valence-corrected chi connectivity index (χ2v) is 7.20. The van der Waals surface area contributed by atoms with Crippen LogP contribution in [0.4, 0.5) is 0 Å². The molecule has 0 aromatic carbocycles. The zero-order valence-electron chi connectivity index (χ0n) is 12.6. The number of sulfone groups is 1. The van der Waals surface area contributed by atoms with E-state index in [0.29, 0.717) is 23.4 Å². The highest BCUT2D eigenvalue weighted by Crippen LogP contribution is 2.17. The van der Waals surface area contributed by atoms with E-state index in [4.69, 9.17) is 4.42 Å². The summed E-state index contributed by atoms with van der Waals surface area (Å²) >= 11 is 0. The summed E-state index contributed by atoms with van der Waals surface area (Å²) in [6, 6.07) is 2.08. The number of nitrogens with zero attached hydrogens (tertiary/aromatic N) is 3. The van der Waals surface area contributed by atoms with Gasteiger partial charge in [0.2, 0.25) is 0 Å². The maximum Gasteiger partial charge on any atom is 0.191 e. The van der Waals surface area contributed by atoms with E-state index in [1.54, 1.807) is 13.0 Å². The lowest BCUT2D eigenvalue weighted by Crippen LogP contribution is -2.10. The molecule has 0 aliphatic rings. The van der Waals surface area contributed by atoms with Crippen LogP contribution in [0.1, 0.15) is 50.1 Å². The van der Waals surface area contributed by atoms with E-state index in [1.165, 1.54) is 6.20 Å². The molecule has 0 atom stereocenters. The Morgan fingerprint density at radius 1 is 1.29 bits per heavy atom. The fraction of sp³-hybridized carbons (Fsp3) is 0.571. The van der Waals surface area contributed by atoms with E-state index in [0.717, 1.165) is 12.8 Å². The minimum absolute atomic E-state index is 0.0834. The van der Waals surface area contributed by atoms with Crippen LogP contribution in [0.3, 0.4) is 0 Å². The Balaban J connectivity index is 2.06. The third-order valence-electron chi connectivity index (χ3n) is 3.38. The smallest absolute Gasteiger partial charge is 0.191 e. The van der Waals surface area contributed by atoms with Crippen LogP contribution in [0, 0.1) is 6.92 Å². The van der Waals surface area contributed by atoms with Crippen LogP contribution in [-0.4, -0.2) is 23.2 Å². The van der Waals surface area contributed by atoms with Crippen molar-refractivity contribution in [1.82, 2.24) is 14.8 Å². The highest BCUT2D eigenvalue weighted by Gasteiger charge is 2.18. The van der Waals surface area contributed by atoms with Gasteiger partial charge < -0.3 is 4.42 Å². The van der Waals surface area contributed by atoms with Crippen molar-refractivity contribution in [3.05, 3.63) is 35.8 Å². The van der Waals surface area contributed by atoms with Gasteiger partial charge >= 0.3 is 0 Å². The summed E-state index contributed by atoms with van der Waals surface area (Å²) in [6.45, 7) is 5.88. The molecule has 0 N–H and O–H groups in total. The summed E-state index contributed by atoms with van der Waals surface area (Å²) in [5, 5.41) is 4.38. The molecule has 21 heavy (non-hydrogen) atoms. The minimum atomic E-state index is -3.31. The SMILES string of the molecule is CCC(CC)n1ccc(CS(=O)(=O)Cc2cnc(C)o2)n1. The predicted molar refractivity (Wildman–Crippen MR) is 79.4 cm³/mol. The average Bonchev–Trinajstić information content (AvgIpc) is 3.00. The third kappa shape index (κ3) is 4.17. The molecule has 0 bridgehead atoms. The minimum Gasteiger partial charge on any atom is -0.445 e. The van der Waals surface area contributed by atoms with Gasteiger partial charge in [-0.15, -0.1) is 0 Å². The van der Waals surface area contributed by atoms with Crippen molar-refractivity contribution < 1.29 is 12.8 Å². The Kier molecular flexibility index (Phi) is 4.82. The second kappa shape index (κ2) is 6.43. The fourth-order valence-electron chi connectivity index (χ4n) is 2.29. The highest BCUT2D eigenvalue weighted by atomic mass is 32.2. The standard InChI is InChI=1S/C14H21N3O3S/c1-4-13(5-2)17-7-6-12(16-17)9-21(18,19)10-14-8-15-11(3)20-14/h6-8,13H,4-5,9-10H2,1-3H3. The van der Waals surface area contributed by atoms with Gasteiger partial charge in [0.05, 0.1) is 23.7 Å². The molecular weight excluding hydrogens is 290 g/mol. The quantitative estimate of drug-likeness (QED) is 0.785. The van der Waals surface area contributed by atoms with Gasteiger partial charge in [-0.1, -0.05) is 13.8 Å². The Labute approximate surface area is 125 Å². The van der Waals surface area contributed by atoms with Crippen LogP contribution in [-0.2, 0) is 21.3 Å². The van der Waals surface area contributed by atoms with Gasteiger partial charge in [0.15, 0.2) is 15.7 Å². The summed E-state index contributed by atoms with van der Waals surface area (Å²) in [7, 11) is -3.31. The number of hydrogen-bond acceptors (Lipinski definition) is 5. The molecule has 0 fully saturated rings. The zero-order valence-corrected chi connectivity index (χ0v) is 13.4. The maximum absolute atomic E-state index is 12.2. The first-order chi connectivity index (χ1) is 9.93. The third-order valence-corrected chi connectivity index (χ3v) is 4.84. The van der Waals surface area contributed by atoms with Crippen LogP contribution >= 0.6 is 0 Å². The van der Waals surface area contributed by atoms with Gasteiger partial charge in [-0.05, 0) is 18.9 Å². The van der Waals surface area contributed by atoms with Gasteiger partial charge in [0.1, 0.15) is 11.5 Å². The van der Waals surface area contributed by atoms with Crippen molar-refractivity contribution in [2.24, 2.45) is 0 Å². The molecule has 2 aromatic heterocycles. The summed E-state index contributed by atoms with van der Waals surface area (Å²) in [4.78, 5) is 3.91. The molecule has 0 radical (unpaired) electrons. The molecule has 0 aliphatic heterocycles. The predicted octanol–water partition coefficient (Wildman–Crippen LogP) is 2.66. The van der Waals surface area contributed by atoms with E-state index in [2.05, 4.69) is 23.9 Å². The zero-order chi connectivity index (χ0) is 15.5. The molecule has 2 rings (SSSR count). The van der Waals surface area contributed by atoms with Crippen LogP contribution in [0.5, 0.6) is 0 Å². The molecular formula is C14H21N3O3S. The van der Waals surface area contributed by atoms with Crippen molar-refractivity contribution in [2.45, 2.75) is 51.2 Å². The van der Waals surface area contributed by atoms with Gasteiger partial charge in [0.25, 0.3) is 0 Å². The largest absolute Gasteiger partial charge is 0.445 e. The normalized spacial score (nSPS) is 12.2. The fourth-order valence-corrected chi connectivity index (χ4v) is 3.56. The number of aryl methyl sites for hydroxylation is 1. The highest BCUT2D eigenvalue weighted by molar-refractivity contribution is 7.89. The summed E-state index contributed by atoms with van der Waals surface area (Å²) in [5.41, 5.74) is 0.568. The second-order valence-electron chi connectivity index (χ2n) is 5.14. The molecule has 0 saturated heterocycles. The first-order valence-electron chi connectivity index (χ1n) is 7.09. The van der Waals surface area contributed by atoms with E-state index in [-0.39, 0.29) is 11.5 Å². The number of aromatic nitrogens is 3. The van der Waals surface area contributed by atoms with Crippen LogP contribution in [0.2, 0.25) is 0 Å². The van der Waals surface area contributed by atoms with Crippen molar-refractivity contribution in [2.75, 3.05) is 0 Å². The summed E-state index contributed by atoms with van der Waals surface area (Å²) in [5.74, 6) is 0.608. The first-order valence-corrected chi connectivity index (χ1v) is 8.91. The molecule has 0 aliphatic carbocycles. The molecule has 2 heterocycles. The first kappa shape index (κ1) is 15.8. The Bertz CT molecular complexity index is 684. The van der Waals surface area contributed by atoms with Crippen molar-refractivity contribution in [1.29, 1.82) is 0 Å². The molecule has 6 nitrogen and oxygen atoms in total. The summed E-state index contributed by atoms with van der Waals surface area (Å²) in [6.07, 6.45) is 5.25. The van der Waals surface area contributed by atoms with Crippen molar-refractivity contribution >= 4 is 9.84 Å². The van der Waals surface area contributed by atoms with E-state index in [1.807, 2.05) is 10.9 Å². The lowest BCUT2D eigenvalue weighted by molar-refractivity contribution is 0.426. The van der Waals surface area contributed by atoms with Crippen molar-refractivity contribution in [3.63, 3.8) is 0 Å². The van der Waals surface area contributed by atoms with Gasteiger partial charge in [-0.3, -0.25) is 4.68 Å². The van der Waals surface area contributed by atoms with E-state index in [9.17, 15) is 8.42 Å². The topological polar surface area (TPSA) is 78.0 Å². The lowest BCUT2D eigenvalue weighted by atomic mass is 10.2. The van der Waals surface area contributed by atoms with Gasteiger partial charge in [0, 0.05) is 13.1 Å². The molecule has 0 saturated carbocycles. The molecule has 0 unspecified atom stereocenters. The molecule has 0 spiro atoms. The lowest BCUT2D eigenvalue weighted by Gasteiger charge is -2.12. The van der Waals surface area contributed by atoms with Crippen LogP contribution < -0.4 is 0 Å². The molecule has 7 heteroatoms. The molecule has 2 aromatic rings. The number of hydrogen-bond donors (Lipinski definition) is 0. The maximum atomic E-state index is 12.2. The van der Waals surface area contributed by atoms with Gasteiger partial charge in [-0.2, -0.15) is 5.10 Å². The van der Waals surface area contributed by atoms with Crippen LogP contribution in [0.25, 0.3) is 0 Å². The monoisotopic (exact) mass is 311 g/mol. The number of oxazole rings is 1. The van der Waals surface area contributed by atoms with Gasteiger partial charge in [-0.25, -0.2) is 13.4 Å². The van der Waals surface area contributed by atoms with E-state index < -0.39 is 9.84 Å². The van der Waals surface area contributed by atoms with E-state index >= 15 is 0 Å². The molecule has 116 valence electrons. The Hall–Kier alpha value is -1.63. The Morgan fingerprint density at radius 3 is 2.57 bits per heavy atom. The number of rotatable bonds is 7. The Morgan fingerprint density at radius 2 is 2.00 bits per heavy atom. The average molecular weight is 311 g/mol. The van der Waals surface area contributed by atoms with Crippen molar-refractivity contribution in [3.8, 4) is 0 Å². The molecule has 0 amide bonds. The summed E-state index contributed by atoms with van der Waals surface area (Å²) < 4.78 is 31.4.